The maximum Gasteiger partial charge on any atom is 0.433 e. The minimum absolute atomic E-state index is 0.0576. The van der Waals surface area contributed by atoms with E-state index in [4.69, 9.17) is 4.74 Å². The molecule has 4 fully saturated rings. The van der Waals surface area contributed by atoms with Crippen LogP contribution in [0.1, 0.15) is 68.9 Å². The second-order valence-electron chi connectivity index (χ2n) is 10.3. The summed E-state index contributed by atoms with van der Waals surface area (Å²) in [5, 5.41) is 17.4. The molecule has 1 aromatic heterocycles. The highest BCUT2D eigenvalue weighted by Crippen LogP contribution is 2.55. The van der Waals surface area contributed by atoms with Crippen LogP contribution in [-0.4, -0.2) is 44.6 Å². The van der Waals surface area contributed by atoms with Gasteiger partial charge in [-0.3, -0.25) is 9.48 Å². The second-order valence-corrected chi connectivity index (χ2v) is 10.3. The number of hydrogen-bond donors (Lipinski definition) is 2. The van der Waals surface area contributed by atoms with Gasteiger partial charge in [-0.2, -0.15) is 18.3 Å². The Hall–Kier alpha value is -1.61. The molecule has 1 aromatic rings. The minimum Gasteiger partial charge on any atom is -0.390 e. The first-order valence-electron chi connectivity index (χ1n) is 10.6. The summed E-state index contributed by atoms with van der Waals surface area (Å²) in [6.45, 7) is 5.42. The van der Waals surface area contributed by atoms with Gasteiger partial charge in [0.25, 0.3) is 5.91 Å². The second kappa shape index (κ2) is 7.22. The van der Waals surface area contributed by atoms with E-state index in [9.17, 15) is 23.1 Å². The zero-order chi connectivity index (χ0) is 21.9. The van der Waals surface area contributed by atoms with E-state index >= 15 is 0 Å². The van der Waals surface area contributed by atoms with Crippen LogP contribution in [-0.2, 0) is 17.5 Å². The summed E-state index contributed by atoms with van der Waals surface area (Å²) in [6, 6.07) is -0.192. The average Bonchev–Trinajstić information content (AvgIpc) is 2.99. The van der Waals surface area contributed by atoms with Crippen LogP contribution >= 0.6 is 0 Å². The Morgan fingerprint density at radius 3 is 2.43 bits per heavy atom. The van der Waals surface area contributed by atoms with Gasteiger partial charge in [-0.05, 0) is 70.6 Å². The smallest absolute Gasteiger partial charge is 0.390 e. The first-order valence-corrected chi connectivity index (χ1v) is 10.6. The molecule has 3 unspecified atom stereocenters. The molecular formula is C21H30F3N3O3. The van der Waals surface area contributed by atoms with Crippen molar-refractivity contribution in [2.45, 2.75) is 82.8 Å². The number of rotatable bonds is 5. The van der Waals surface area contributed by atoms with Crippen LogP contribution in [0.3, 0.4) is 0 Å². The summed E-state index contributed by atoms with van der Waals surface area (Å²) in [4.78, 5) is 12.9. The summed E-state index contributed by atoms with van der Waals surface area (Å²) < 4.78 is 47.6. The fourth-order valence-corrected chi connectivity index (χ4v) is 5.90. The van der Waals surface area contributed by atoms with Crippen molar-refractivity contribution in [3.05, 3.63) is 17.5 Å². The highest BCUT2D eigenvalue weighted by Gasteiger charge is 2.55. The number of hydrogen-bond acceptors (Lipinski definition) is 4. The maximum absolute atomic E-state index is 13.8. The minimum atomic E-state index is -4.70. The quantitative estimate of drug-likeness (QED) is 0.752. The van der Waals surface area contributed by atoms with Gasteiger partial charge in [0.15, 0.2) is 5.69 Å². The molecule has 0 saturated heterocycles. The standard InChI is InChI=1S/C21H30F3N3O3/c1-19(2,3)30-5-4-27-17(21(22,23)24)15(11-25-27)18(28)26-16-13-6-12-7-14(16)10-20(29,8-12)9-13/h11-14,16,29H,4-10H2,1-3H3,(H,26,28)/t12?,13-,14+,16?,20?. The molecule has 0 aliphatic heterocycles. The molecule has 4 bridgehead atoms. The van der Waals surface area contributed by atoms with Crippen LogP contribution in [0.2, 0.25) is 0 Å². The molecule has 0 radical (unpaired) electrons. The molecule has 2 N–H and O–H groups in total. The predicted molar refractivity (Wildman–Crippen MR) is 103 cm³/mol. The lowest BCUT2D eigenvalue weighted by molar-refractivity contribution is -0.145. The number of halogens is 3. The first kappa shape index (κ1) is 21.6. The van der Waals surface area contributed by atoms with Gasteiger partial charge in [0.1, 0.15) is 0 Å². The van der Waals surface area contributed by atoms with Gasteiger partial charge >= 0.3 is 6.18 Å². The lowest BCUT2D eigenvalue weighted by atomic mass is 9.52. The summed E-state index contributed by atoms with van der Waals surface area (Å²) >= 11 is 0. The molecule has 30 heavy (non-hydrogen) atoms. The van der Waals surface area contributed by atoms with Crippen molar-refractivity contribution < 1.29 is 27.8 Å². The van der Waals surface area contributed by atoms with Crippen LogP contribution in [0.25, 0.3) is 0 Å². The molecule has 4 saturated carbocycles. The van der Waals surface area contributed by atoms with Crippen LogP contribution < -0.4 is 5.32 Å². The van der Waals surface area contributed by atoms with E-state index in [-0.39, 0.29) is 31.0 Å². The molecular weight excluding hydrogens is 399 g/mol. The van der Waals surface area contributed by atoms with E-state index in [1.54, 1.807) is 0 Å². The molecule has 168 valence electrons. The van der Waals surface area contributed by atoms with Crippen LogP contribution in [0.4, 0.5) is 13.2 Å². The summed E-state index contributed by atoms with van der Waals surface area (Å²) in [7, 11) is 0. The summed E-state index contributed by atoms with van der Waals surface area (Å²) in [6.07, 6.45) is 0.158. The van der Waals surface area contributed by atoms with Gasteiger partial charge in [-0.25, -0.2) is 0 Å². The normalized spacial score (nSPS) is 33.2. The van der Waals surface area contributed by atoms with Gasteiger partial charge < -0.3 is 15.2 Å². The number of alkyl halides is 3. The van der Waals surface area contributed by atoms with Crippen molar-refractivity contribution in [2.75, 3.05) is 6.61 Å². The Morgan fingerprint density at radius 2 is 1.90 bits per heavy atom. The number of nitrogens with zero attached hydrogens (tertiary/aromatic N) is 2. The monoisotopic (exact) mass is 429 g/mol. The third-order valence-electron chi connectivity index (χ3n) is 6.73. The number of ether oxygens (including phenoxy) is 1. The zero-order valence-electron chi connectivity index (χ0n) is 17.6. The SMILES string of the molecule is CC(C)(C)OCCn1ncc(C(=O)NC2[C@@H]3CC4C[C@H]2CC(O)(C4)C3)c1C(F)(F)F. The number of nitrogens with one attached hydrogen (secondary N) is 1. The molecule has 4 aliphatic carbocycles. The number of aliphatic hydroxyl groups is 1. The number of carbonyl (C=O) groups is 1. The predicted octanol–water partition coefficient (Wildman–Crippen LogP) is 3.39. The van der Waals surface area contributed by atoms with Gasteiger partial charge in [0, 0.05) is 6.04 Å². The van der Waals surface area contributed by atoms with Gasteiger partial charge in [-0.15, -0.1) is 0 Å². The van der Waals surface area contributed by atoms with Crippen LogP contribution in [0.5, 0.6) is 0 Å². The summed E-state index contributed by atoms with van der Waals surface area (Å²) in [5.41, 5.74) is -2.63. The van der Waals surface area contributed by atoms with Crippen molar-refractivity contribution >= 4 is 5.91 Å². The Labute approximate surface area is 174 Å². The van der Waals surface area contributed by atoms with Crippen molar-refractivity contribution in [1.82, 2.24) is 15.1 Å². The van der Waals surface area contributed by atoms with Crippen molar-refractivity contribution in [3.8, 4) is 0 Å². The molecule has 6 nitrogen and oxygen atoms in total. The highest BCUT2D eigenvalue weighted by molar-refractivity contribution is 5.95. The Balaban J connectivity index is 1.50. The van der Waals surface area contributed by atoms with Crippen molar-refractivity contribution in [1.29, 1.82) is 0 Å². The van der Waals surface area contributed by atoms with E-state index in [0.29, 0.717) is 18.8 Å². The molecule has 4 aliphatic rings. The molecule has 9 heteroatoms. The van der Waals surface area contributed by atoms with E-state index in [1.165, 1.54) is 0 Å². The average molecular weight is 429 g/mol. The number of carbonyl (C=O) groups excluding carboxylic acids is 1. The topological polar surface area (TPSA) is 76.4 Å². The summed E-state index contributed by atoms with van der Waals surface area (Å²) in [5.74, 6) is -0.0451. The Bertz CT molecular complexity index is 799. The molecule has 0 aromatic carbocycles. The van der Waals surface area contributed by atoms with E-state index in [1.807, 2.05) is 20.8 Å². The first-order chi connectivity index (χ1) is 13.8. The van der Waals surface area contributed by atoms with E-state index in [0.717, 1.165) is 30.1 Å². The number of aromatic nitrogens is 2. The molecule has 5 rings (SSSR count). The highest BCUT2D eigenvalue weighted by atomic mass is 19.4. The fourth-order valence-electron chi connectivity index (χ4n) is 5.90. The van der Waals surface area contributed by atoms with Gasteiger partial charge in [-0.1, -0.05) is 0 Å². The molecule has 1 amide bonds. The third kappa shape index (κ3) is 4.23. The fraction of sp³-hybridized carbons (Fsp3) is 0.810. The van der Waals surface area contributed by atoms with Crippen molar-refractivity contribution in [2.24, 2.45) is 17.8 Å². The van der Waals surface area contributed by atoms with Crippen LogP contribution in [0.15, 0.2) is 6.20 Å². The largest absolute Gasteiger partial charge is 0.433 e. The van der Waals surface area contributed by atoms with Crippen LogP contribution in [0, 0.1) is 17.8 Å². The molecule has 5 atom stereocenters. The lowest BCUT2D eigenvalue weighted by Crippen LogP contribution is -2.61. The maximum atomic E-state index is 13.8. The molecule has 0 spiro atoms. The molecule has 1 heterocycles. The van der Waals surface area contributed by atoms with E-state index < -0.39 is 34.5 Å². The van der Waals surface area contributed by atoms with Gasteiger partial charge in [0.05, 0.1) is 36.1 Å². The van der Waals surface area contributed by atoms with Gasteiger partial charge in [0.2, 0.25) is 0 Å². The Kier molecular flexibility index (Phi) is 5.20. The lowest BCUT2D eigenvalue weighted by Gasteiger charge is -2.58. The van der Waals surface area contributed by atoms with E-state index in [2.05, 4.69) is 10.4 Å². The zero-order valence-corrected chi connectivity index (χ0v) is 17.6. The van der Waals surface area contributed by atoms with Crippen molar-refractivity contribution in [3.63, 3.8) is 0 Å². The Morgan fingerprint density at radius 1 is 1.27 bits per heavy atom. The third-order valence-corrected chi connectivity index (χ3v) is 6.73. The number of amides is 1.